The minimum Gasteiger partial charge on any atom is -0.440 e. The first-order valence-electron chi connectivity index (χ1n) is 7.28. The first-order valence-corrected chi connectivity index (χ1v) is 7.28. The molecule has 0 fully saturated rings. The van der Waals surface area contributed by atoms with Gasteiger partial charge in [-0.3, -0.25) is 0 Å². The molecule has 4 nitrogen and oxygen atoms in total. The van der Waals surface area contributed by atoms with Crippen molar-refractivity contribution in [2.75, 3.05) is 0 Å². The van der Waals surface area contributed by atoms with Crippen LogP contribution < -0.4 is 9.55 Å². The molecule has 1 aromatic carbocycles. The first kappa shape index (κ1) is 12.9. The second-order valence-electron chi connectivity index (χ2n) is 5.12. The minimum absolute atomic E-state index is 0.872. The van der Waals surface area contributed by atoms with Gasteiger partial charge >= 0.3 is 0 Å². The van der Waals surface area contributed by atoms with Crippen molar-refractivity contribution < 1.29 is 4.57 Å². The van der Waals surface area contributed by atoms with Gasteiger partial charge in [0.15, 0.2) is 0 Å². The van der Waals surface area contributed by atoms with Crippen LogP contribution in [0.15, 0.2) is 43.0 Å². The van der Waals surface area contributed by atoms with E-state index < -0.39 is 0 Å². The Morgan fingerprint density at radius 3 is 3.05 bits per heavy atom. The molecule has 0 aliphatic carbocycles. The minimum atomic E-state index is 0.872. The Kier molecular flexibility index (Phi) is 3.81. The molecule has 0 spiro atoms. The van der Waals surface area contributed by atoms with Crippen molar-refractivity contribution in [2.45, 2.75) is 39.3 Å². The molecule has 0 aliphatic heterocycles. The number of hydrogen-bond acceptors (Lipinski definition) is 1. The Bertz CT molecular complexity index is 647. The Labute approximate surface area is 119 Å². The number of nitrogens with zero attached hydrogens (tertiary/aromatic N) is 4. The molecule has 0 aliphatic rings. The number of benzene rings is 1. The number of para-hydroxylation sites is 2. The topological polar surface area (TPSA) is 35.8 Å². The van der Waals surface area contributed by atoms with Crippen molar-refractivity contribution in [3.05, 3.63) is 48.8 Å². The fraction of sp³-hybridized carbons (Fsp3) is 0.375. The normalized spacial score (nSPS) is 11.2. The van der Waals surface area contributed by atoms with E-state index in [1.54, 1.807) is 0 Å². The summed E-state index contributed by atoms with van der Waals surface area (Å²) < 4.78 is 4.45. The summed E-state index contributed by atoms with van der Waals surface area (Å²) >= 11 is 0. The molecule has 0 saturated heterocycles. The van der Waals surface area contributed by atoms with Crippen molar-refractivity contribution >= 4 is 11.0 Å². The summed E-state index contributed by atoms with van der Waals surface area (Å²) in [5, 5.41) is 0. The van der Waals surface area contributed by atoms with Gasteiger partial charge in [0.25, 0.3) is 0 Å². The molecule has 2 aromatic heterocycles. The maximum Gasteiger partial charge on any atom is 0.243 e. The van der Waals surface area contributed by atoms with E-state index in [2.05, 4.69) is 44.7 Å². The van der Waals surface area contributed by atoms with Gasteiger partial charge in [-0.1, -0.05) is 43.4 Å². The fourth-order valence-corrected chi connectivity index (χ4v) is 2.34. The van der Waals surface area contributed by atoms with E-state index in [-0.39, 0.29) is 0 Å². The summed E-state index contributed by atoms with van der Waals surface area (Å²) in [6, 6.07) is 8.03. The fourth-order valence-electron chi connectivity index (χ4n) is 2.34. The summed E-state index contributed by atoms with van der Waals surface area (Å²) in [4.78, 5) is 9.11. The molecule has 0 radical (unpaired) electrons. The maximum atomic E-state index is 4.55. The van der Waals surface area contributed by atoms with E-state index in [1.807, 2.05) is 24.3 Å². The van der Waals surface area contributed by atoms with Crippen LogP contribution in [0.1, 0.15) is 25.6 Å². The first-order chi connectivity index (χ1) is 9.85. The standard InChI is InChI=1S/C16H20N4/c1-2-3-9-19-11-12-20(13-19)10-8-16-17-14-6-4-5-7-15(14)18-16/h4-7,11-13H,2-3,8-10H2,1H3. The molecule has 0 bridgehead atoms. The summed E-state index contributed by atoms with van der Waals surface area (Å²) in [7, 11) is 0. The van der Waals surface area contributed by atoms with E-state index in [9.17, 15) is 0 Å². The molecule has 0 amide bonds. The zero-order valence-electron chi connectivity index (χ0n) is 11.9. The second kappa shape index (κ2) is 5.90. The number of unbranched alkanes of at least 4 members (excludes halogenated alkanes) is 1. The number of fused-ring (bicyclic) bond motifs is 1. The van der Waals surface area contributed by atoms with Crippen molar-refractivity contribution in [1.29, 1.82) is 0 Å². The third-order valence-corrected chi connectivity index (χ3v) is 3.49. The molecule has 104 valence electrons. The predicted octanol–water partition coefficient (Wildman–Crippen LogP) is 2.32. The zero-order valence-corrected chi connectivity index (χ0v) is 11.9. The van der Waals surface area contributed by atoms with Crippen LogP contribution in [0.5, 0.6) is 0 Å². The summed E-state index contributed by atoms with van der Waals surface area (Å²) in [5.74, 6) is 0.931. The van der Waals surface area contributed by atoms with Crippen LogP contribution >= 0.6 is 0 Å². The lowest BCUT2D eigenvalue weighted by molar-refractivity contribution is -0.696. The molecule has 0 N–H and O–H groups in total. The highest BCUT2D eigenvalue weighted by Crippen LogP contribution is 2.09. The van der Waals surface area contributed by atoms with Crippen LogP contribution in [-0.4, -0.2) is 9.55 Å². The Morgan fingerprint density at radius 2 is 2.20 bits per heavy atom. The lowest BCUT2D eigenvalue weighted by atomic mass is 10.3. The van der Waals surface area contributed by atoms with E-state index in [1.165, 1.54) is 12.8 Å². The van der Waals surface area contributed by atoms with E-state index in [0.29, 0.717) is 0 Å². The molecule has 2 heterocycles. The molecule has 0 saturated carbocycles. The van der Waals surface area contributed by atoms with E-state index >= 15 is 0 Å². The largest absolute Gasteiger partial charge is 0.440 e. The third-order valence-electron chi connectivity index (χ3n) is 3.49. The van der Waals surface area contributed by atoms with Gasteiger partial charge < -0.3 is 9.97 Å². The monoisotopic (exact) mass is 268 g/mol. The van der Waals surface area contributed by atoms with Gasteiger partial charge in [-0.15, -0.1) is 0 Å². The van der Waals surface area contributed by atoms with E-state index in [0.717, 1.165) is 36.4 Å². The van der Waals surface area contributed by atoms with Crippen LogP contribution in [0.4, 0.5) is 0 Å². The van der Waals surface area contributed by atoms with Crippen molar-refractivity contribution in [3.8, 4) is 0 Å². The average molecular weight is 268 g/mol. The van der Waals surface area contributed by atoms with Crippen LogP contribution in [0.25, 0.3) is 11.0 Å². The molecule has 20 heavy (non-hydrogen) atoms. The molecule has 0 unspecified atom stereocenters. The number of hydrogen-bond donors (Lipinski definition) is 0. The maximum absolute atomic E-state index is 4.55. The van der Waals surface area contributed by atoms with Gasteiger partial charge in [0, 0.05) is 6.42 Å². The zero-order chi connectivity index (χ0) is 13.8. The molecule has 4 heteroatoms. The highest BCUT2D eigenvalue weighted by molar-refractivity contribution is 5.74. The van der Waals surface area contributed by atoms with Crippen molar-refractivity contribution in [2.24, 2.45) is 0 Å². The Morgan fingerprint density at radius 1 is 1.30 bits per heavy atom. The van der Waals surface area contributed by atoms with Crippen LogP contribution in [0.3, 0.4) is 0 Å². The lowest BCUT2D eigenvalue weighted by Crippen LogP contribution is -2.30. The smallest absolute Gasteiger partial charge is 0.243 e. The average Bonchev–Trinajstić information content (AvgIpc) is 3.09. The number of aryl methyl sites for hydroxylation is 3. The van der Waals surface area contributed by atoms with Crippen LogP contribution in [-0.2, 0) is 19.5 Å². The second-order valence-corrected chi connectivity index (χ2v) is 5.12. The Balaban J connectivity index is 1.62. The van der Waals surface area contributed by atoms with Crippen LogP contribution in [0, 0.1) is 0 Å². The molecule has 0 atom stereocenters. The Hall–Kier alpha value is -2.10. The quantitative estimate of drug-likeness (QED) is 0.643. The summed E-state index contributed by atoms with van der Waals surface area (Å²) in [5.41, 5.74) is 1.99. The van der Waals surface area contributed by atoms with Gasteiger partial charge in [0.2, 0.25) is 6.33 Å². The van der Waals surface area contributed by atoms with Crippen LogP contribution in [0.2, 0.25) is 0 Å². The van der Waals surface area contributed by atoms with Crippen molar-refractivity contribution in [1.82, 2.24) is 14.5 Å². The molecule has 3 aromatic rings. The summed E-state index contributed by atoms with van der Waals surface area (Å²) in [6.45, 7) is 4.24. The number of imidazole rings is 2. The highest BCUT2D eigenvalue weighted by atomic mass is 15.1. The molecular formula is C16H20N4. The van der Waals surface area contributed by atoms with Gasteiger partial charge in [-0.2, -0.15) is 0 Å². The SMILES string of the molecule is CCCC[n+]1ccn(CCc2nc3ccccc3[n-]2)c1. The number of aromatic nitrogens is 4. The highest BCUT2D eigenvalue weighted by Gasteiger charge is 2.02. The van der Waals surface area contributed by atoms with E-state index in [4.69, 9.17) is 0 Å². The molecular weight excluding hydrogens is 248 g/mol. The van der Waals surface area contributed by atoms with Gasteiger partial charge in [-0.05, 0) is 17.5 Å². The third kappa shape index (κ3) is 2.90. The van der Waals surface area contributed by atoms with Gasteiger partial charge in [0.1, 0.15) is 12.4 Å². The summed E-state index contributed by atoms with van der Waals surface area (Å²) in [6.07, 6.45) is 9.75. The van der Waals surface area contributed by atoms with Gasteiger partial charge in [0.05, 0.1) is 13.1 Å². The van der Waals surface area contributed by atoms with Crippen molar-refractivity contribution in [3.63, 3.8) is 0 Å². The predicted molar refractivity (Wildman–Crippen MR) is 78.3 cm³/mol. The van der Waals surface area contributed by atoms with Gasteiger partial charge in [-0.25, -0.2) is 9.13 Å². The number of rotatable bonds is 6. The lowest BCUT2D eigenvalue weighted by Gasteiger charge is -2.00. The molecule has 3 rings (SSSR count).